The number of ether oxygens (including phenoxy) is 1. The highest BCUT2D eigenvalue weighted by Crippen LogP contribution is 2.24. The summed E-state index contributed by atoms with van der Waals surface area (Å²) in [5, 5.41) is 8.82. The zero-order valence-electron chi connectivity index (χ0n) is 12.1. The van der Waals surface area contributed by atoms with E-state index in [1.54, 1.807) is 4.90 Å². The average molecular weight is 284 g/mol. The number of rotatable bonds is 4. The fraction of sp³-hybridized carbons (Fsp3) is 0.857. The van der Waals surface area contributed by atoms with Crippen LogP contribution in [0.2, 0.25) is 0 Å². The molecule has 6 heteroatoms. The molecule has 1 aliphatic carbocycles. The van der Waals surface area contributed by atoms with Crippen LogP contribution < -0.4 is 0 Å². The van der Waals surface area contributed by atoms with Crippen LogP contribution in [0.3, 0.4) is 0 Å². The molecule has 0 bridgehead atoms. The van der Waals surface area contributed by atoms with Crippen molar-refractivity contribution in [2.24, 2.45) is 0 Å². The molecular weight excluding hydrogens is 260 g/mol. The van der Waals surface area contributed by atoms with Gasteiger partial charge in [-0.05, 0) is 19.8 Å². The molecule has 2 aliphatic rings. The molecule has 0 aromatic rings. The maximum Gasteiger partial charge on any atom is 0.320 e. The van der Waals surface area contributed by atoms with Gasteiger partial charge in [0.15, 0.2) is 0 Å². The summed E-state index contributed by atoms with van der Waals surface area (Å²) in [6.45, 7) is 4.08. The van der Waals surface area contributed by atoms with Gasteiger partial charge in [0.1, 0.15) is 0 Å². The Hall–Kier alpha value is -1.30. The van der Waals surface area contributed by atoms with Crippen molar-refractivity contribution in [3.63, 3.8) is 0 Å². The number of urea groups is 1. The molecule has 1 unspecified atom stereocenters. The topological polar surface area (TPSA) is 70.1 Å². The number of morpholine rings is 1. The second-order valence-electron chi connectivity index (χ2n) is 5.54. The van der Waals surface area contributed by atoms with E-state index in [9.17, 15) is 9.59 Å². The number of amides is 2. The summed E-state index contributed by atoms with van der Waals surface area (Å²) in [6.07, 6.45) is 4.13. The lowest BCUT2D eigenvalue weighted by Crippen LogP contribution is -2.53. The van der Waals surface area contributed by atoms with Gasteiger partial charge in [-0.15, -0.1) is 0 Å². The van der Waals surface area contributed by atoms with E-state index in [4.69, 9.17) is 9.84 Å². The molecule has 0 spiro atoms. The van der Waals surface area contributed by atoms with Crippen LogP contribution in [0.25, 0.3) is 0 Å². The third kappa shape index (κ3) is 3.62. The summed E-state index contributed by atoms with van der Waals surface area (Å²) in [7, 11) is 0. The molecule has 1 heterocycles. The van der Waals surface area contributed by atoms with Crippen LogP contribution in [0.5, 0.6) is 0 Å². The quantitative estimate of drug-likeness (QED) is 0.850. The Morgan fingerprint density at radius 2 is 2.05 bits per heavy atom. The van der Waals surface area contributed by atoms with Crippen LogP contribution in [0.1, 0.15) is 39.0 Å². The molecular formula is C14H24N2O4. The van der Waals surface area contributed by atoms with E-state index in [1.165, 1.54) is 12.8 Å². The van der Waals surface area contributed by atoms with Gasteiger partial charge in [-0.1, -0.05) is 12.8 Å². The molecule has 1 aliphatic heterocycles. The number of hydrogen-bond acceptors (Lipinski definition) is 3. The second kappa shape index (κ2) is 6.92. The van der Waals surface area contributed by atoms with Crippen molar-refractivity contribution in [3.05, 3.63) is 0 Å². The SMILES string of the molecule is CCN(C(=O)N1CCOC(CC(=O)O)C1)C1CCCC1. The van der Waals surface area contributed by atoms with Crippen molar-refractivity contribution in [1.29, 1.82) is 0 Å². The Balaban J connectivity index is 1.94. The molecule has 1 N–H and O–H groups in total. The predicted molar refractivity (Wildman–Crippen MR) is 73.6 cm³/mol. The number of aliphatic carboxylic acids is 1. The number of carbonyl (C=O) groups excluding carboxylic acids is 1. The lowest BCUT2D eigenvalue weighted by Gasteiger charge is -2.38. The third-order valence-electron chi connectivity index (χ3n) is 4.16. The molecule has 0 aromatic carbocycles. The first kappa shape index (κ1) is 15.1. The van der Waals surface area contributed by atoms with Crippen molar-refractivity contribution < 1.29 is 19.4 Å². The van der Waals surface area contributed by atoms with Crippen LogP contribution >= 0.6 is 0 Å². The molecule has 6 nitrogen and oxygen atoms in total. The number of nitrogens with zero attached hydrogens (tertiary/aromatic N) is 2. The summed E-state index contributed by atoms with van der Waals surface area (Å²) in [5.41, 5.74) is 0. The summed E-state index contributed by atoms with van der Waals surface area (Å²) >= 11 is 0. The van der Waals surface area contributed by atoms with E-state index < -0.39 is 5.97 Å². The van der Waals surface area contributed by atoms with Crippen LogP contribution in [0, 0.1) is 0 Å². The van der Waals surface area contributed by atoms with E-state index in [1.807, 2.05) is 11.8 Å². The molecule has 0 aromatic heterocycles. The second-order valence-corrected chi connectivity index (χ2v) is 5.54. The van der Waals surface area contributed by atoms with Crippen molar-refractivity contribution in [2.75, 3.05) is 26.2 Å². The predicted octanol–water partition coefficient (Wildman–Crippen LogP) is 1.55. The van der Waals surface area contributed by atoms with Gasteiger partial charge in [0.2, 0.25) is 0 Å². The van der Waals surface area contributed by atoms with Crippen LogP contribution in [0.4, 0.5) is 4.79 Å². The van der Waals surface area contributed by atoms with Crippen LogP contribution in [-0.4, -0.2) is 65.3 Å². The fourth-order valence-electron chi connectivity index (χ4n) is 3.16. The number of carboxylic acid groups (broad SMARTS) is 1. The first-order chi connectivity index (χ1) is 9.61. The van der Waals surface area contributed by atoms with Gasteiger partial charge in [0.25, 0.3) is 0 Å². The highest BCUT2D eigenvalue weighted by atomic mass is 16.5. The van der Waals surface area contributed by atoms with E-state index in [0.717, 1.165) is 12.8 Å². The molecule has 2 amide bonds. The Bertz CT molecular complexity index is 355. The van der Waals surface area contributed by atoms with E-state index in [2.05, 4.69) is 0 Å². The first-order valence-electron chi connectivity index (χ1n) is 7.50. The van der Waals surface area contributed by atoms with Crippen molar-refractivity contribution in [1.82, 2.24) is 9.80 Å². The van der Waals surface area contributed by atoms with E-state index in [-0.39, 0.29) is 18.6 Å². The maximum atomic E-state index is 12.6. The maximum absolute atomic E-state index is 12.6. The molecule has 0 radical (unpaired) electrons. The minimum atomic E-state index is -0.882. The Morgan fingerprint density at radius 1 is 1.35 bits per heavy atom. The first-order valence-corrected chi connectivity index (χ1v) is 7.50. The van der Waals surface area contributed by atoms with Crippen LogP contribution in [-0.2, 0) is 9.53 Å². The Labute approximate surface area is 119 Å². The lowest BCUT2D eigenvalue weighted by molar-refractivity contribution is -0.141. The number of carboxylic acids is 1. The molecule has 1 saturated heterocycles. The summed E-state index contributed by atoms with van der Waals surface area (Å²) < 4.78 is 5.41. The standard InChI is InChI=1S/C14H24N2O4/c1-2-16(11-5-3-4-6-11)14(19)15-7-8-20-12(10-15)9-13(17)18/h11-12H,2-10H2,1H3,(H,17,18). The smallest absolute Gasteiger partial charge is 0.320 e. The minimum absolute atomic E-state index is 0.0399. The molecule has 2 fully saturated rings. The van der Waals surface area contributed by atoms with Crippen molar-refractivity contribution in [2.45, 2.75) is 51.2 Å². The molecule has 1 saturated carbocycles. The normalized spacial score (nSPS) is 23.9. The molecule has 2 rings (SSSR count). The number of hydrogen-bond donors (Lipinski definition) is 1. The van der Waals surface area contributed by atoms with Gasteiger partial charge in [0, 0.05) is 25.7 Å². The Kier molecular flexibility index (Phi) is 5.23. The zero-order chi connectivity index (χ0) is 14.5. The third-order valence-corrected chi connectivity index (χ3v) is 4.16. The van der Waals surface area contributed by atoms with E-state index in [0.29, 0.717) is 32.3 Å². The van der Waals surface area contributed by atoms with Gasteiger partial charge in [0.05, 0.1) is 19.1 Å². The molecule has 1 atom stereocenters. The minimum Gasteiger partial charge on any atom is -0.481 e. The largest absolute Gasteiger partial charge is 0.481 e. The highest BCUT2D eigenvalue weighted by Gasteiger charge is 2.32. The molecule has 20 heavy (non-hydrogen) atoms. The van der Waals surface area contributed by atoms with Gasteiger partial charge >= 0.3 is 12.0 Å². The lowest BCUT2D eigenvalue weighted by atomic mass is 10.2. The molecule has 114 valence electrons. The van der Waals surface area contributed by atoms with Gasteiger partial charge in [-0.25, -0.2) is 4.79 Å². The fourth-order valence-corrected chi connectivity index (χ4v) is 3.16. The van der Waals surface area contributed by atoms with E-state index >= 15 is 0 Å². The van der Waals surface area contributed by atoms with Gasteiger partial charge < -0.3 is 19.6 Å². The summed E-state index contributed by atoms with van der Waals surface area (Å²) in [4.78, 5) is 27.0. The van der Waals surface area contributed by atoms with Gasteiger partial charge in [-0.2, -0.15) is 0 Å². The number of carbonyl (C=O) groups is 2. The van der Waals surface area contributed by atoms with Crippen molar-refractivity contribution >= 4 is 12.0 Å². The van der Waals surface area contributed by atoms with Gasteiger partial charge in [-0.3, -0.25) is 4.79 Å². The van der Waals surface area contributed by atoms with Crippen molar-refractivity contribution in [3.8, 4) is 0 Å². The highest BCUT2D eigenvalue weighted by molar-refractivity contribution is 5.75. The summed E-state index contributed by atoms with van der Waals surface area (Å²) in [6, 6.07) is 0.395. The van der Waals surface area contributed by atoms with Crippen LogP contribution in [0.15, 0.2) is 0 Å². The monoisotopic (exact) mass is 284 g/mol. The Morgan fingerprint density at radius 3 is 2.65 bits per heavy atom. The zero-order valence-corrected chi connectivity index (χ0v) is 12.1. The summed E-state index contributed by atoms with van der Waals surface area (Å²) in [5.74, 6) is -0.882. The average Bonchev–Trinajstić information content (AvgIpc) is 2.93.